The normalized spacial score (nSPS) is 19.8. The number of rotatable bonds is 44. The molecular formula is C54H94O12S. The minimum absolute atomic E-state index is 0.158. The van der Waals surface area contributed by atoms with E-state index in [0.29, 0.717) is 12.8 Å². The van der Waals surface area contributed by atoms with E-state index in [0.717, 1.165) is 70.6 Å². The van der Waals surface area contributed by atoms with Crippen molar-refractivity contribution in [2.24, 2.45) is 0 Å². The number of hydrogen-bond donors (Lipinski definition) is 4. The van der Waals surface area contributed by atoms with Crippen LogP contribution in [0.3, 0.4) is 0 Å². The first kappa shape index (κ1) is 62.4. The predicted molar refractivity (Wildman–Crippen MR) is 270 cm³/mol. The largest absolute Gasteiger partial charge is 0.462 e. The molecule has 0 saturated carbocycles. The second-order valence-electron chi connectivity index (χ2n) is 18.2. The molecule has 12 nitrogen and oxygen atoms in total. The first-order valence-corrected chi connectivity index (χ1v) is 28.0. The molecule has 1 saturated heterocycles. The lowest BCUT2D eigenvalue weighted by atomic mass is 10.00. The Labute approximate surface area is 406 Å². The molecule has 0 spiro atoms. The summed E-state index contributed by atoms with van der Waals surface area (Å²) in [6.45, 7) is 3.65. The second kappa shape index (κ2) is 43.4. The Balaban J connectivity index is 2.39. The quantitative estimate of drug-likeness (QED) is 0.0196. The number of aliphatic hydroxyl groups excluding tert-OH is 3. The summed E-state index contributed by atoms with van der Waals surface area (Å²) in [6.07, 6.45) is 45.4. The highest BCUT2D eigenvalue weighted by Gasteiger charge is 2.46. The molecule has 0 aromatic carbocycles. The molecule has 6 atom stereocenters. The zero-order valence-electron chi connectivity index (χ0n) is 41.7. The van der Waals surface area contributed by atoms with Gasteiger partial charge in [-0.1, -0.05) is 203 Å². The van der Waals surface area contributed by atoms with Crippen LogP contribution in [0.15, 0.2) is 60.8 Å². The molecule has 0 aromatic rings. The lowest BCUT2D eigenvalue weighted by molar-refractivity contribution is -0.297. The van der Waals surface area contributed by atoms with Crippen molar-refractivity contribution in [2.75, 3.05) is 19.0 Å². The van der Waals surface area contributed by atoms with Crippen molar-refractivity contribution in [2.45, 2.75) is 250 Å². The number of ether oxygens (including phenoxy) is 4. The lowest BCUT2D eigenvalue weighted by Gasteiger charge is -2.40. The monoisotopic (exact) mass is 967 g/mol. The van der Waals surface area contributed by atoms with Gasteiger partial charge >= 0.3 is 11.9 Å². The third-order valence-corrected chi connectivity index (χ3v) is 12.6. The van der Waals surface area contributed by atoms with E-state index in [1.807, 2.05) is 0 Å². The summed E-state index contributed by atoms with van der Waals surface area (Å²) >= 11 is 0. The summed E-state index contributed by atoms with van der Waals surface area (Å²) in [6, 6.07) is 0. The van der Waals surface area contributed by atoms with Gasteiger partial charge in [-0.05, 0) is 57.8 Å². The molecular weight excluding hydrogens is 873 g/mol. The summed E-state index contributed by atoms with van der Waals surface area (Å²) in [5.41, 5.74) is 0. The van der Waals surface area contributed by atoms with Gasteiger partial charge in [-0.25, -0.2) is 0 Å². The fourth-order valence-corrected chi connectivity index (χ4v) is 8.51. The molecule has 2 unspecified atom stereocenters. The standard InChI is InChI=1S/C54H94O12S/c1-3-5-7-9-11-13-15-17-19-21-23-25-27-29-31-33-35-37-39-41-43-50(56)65-47(45-64-54-53(59)52(58)51(57)48(66-54)46-67(60,61)62)44-63-49(55)42-40-38-36-34-32-30-28-26-24-22-20-18-16-14-12-10-8-6-4-2/h6,8,12,14,18,20,24,26,30,32,47-48,51-54,57-59H,3-5,7,9-11,13,15-17,19,21-23,25,27-29,31,33-46H2,1-2H3,(H,60,61,62)/b8-6+,14-12+,20-18+,26-24+,32-30+/t47-,48-,51-,52?,53?,54+/m1/s1. The average molecular weight is 967 g/mol. The number of allylic oxidation sites excluding steroid dienone is 10. The molecule has 0 aromatic heterocycles. The van der Waals surface area contributed by atoms with Crippen LogP contribution in [0.25, 0.3) is 0 Å². The molecule has 13 heteroatoms. The van der Waals surface area contributed by atoms with E-state index in [4.69, 9.17) is 18.9 Å². The van der Waals surface area contributed by atoms with Crippen LogP contribution in [0.5, 0.6) is 0 Å². The molecule has 1 aliphatic rings. The Morgan fingerprint density at radius 3 is 1.40 bits per heavy atom. The minimum Gasteiger partial charge on any atom is -0.462 e. The summed E-state index contributed by atoms with van der Waals surface area (Å²) in [7, 11) is -4.61. The van der Waals surface area contributed by atoms with E-state index in [-0.39, 0.29) is 19.4 Å². The molecule has 1 heterocycles. The maximum Gasteiger partial charge on any atom is 0.306 e. The number of hydrogen-bond acceptors (Lipinski definition) is 11. The zero-order valence-corrected chi connectivity index (χ0v) is 42.6. The van der Waals surface area contributed by atoms with Crippen molar-refractivity contribution in [3.8, 4) is 0 Å². The molecule has 1 rings (SSSR count). The Morgan fingerprint density at radius 2 is 0.940 bits per heavy atom. The van der Waals surface area contributed by atoms with Crippen LogP contribution in [0, 0.1) is 0 Å². The van der Waals surface area contributed by atoms with E-state index in [1.54, 1.807) is 0 Å². The second-order valence-corrected chi connectivity index (χ2v) is 19.7. The summed E-state index contributed by atoms with van der Waals surface area (Å²) in [5.74, 6) is -2.02. The van der Waals surface area contributed by atoms with Crippen LogP contribution in [-0.4, -0.2) is 96.0 Å². The van der Waals surface area contributed by atoms with E-state index in [9.17, 15) is 37.9 Å². The maximum atomic E-state index is 12.9. The van der Waals surface area contributed by atoms with Crippen LogP contribution >= 0.6 is 0 Å². The third kappa shape index (κ3) is 37.9. The van der Waals surface area contributed by atoms with Crippen LogP contribution in [0.4, 0.5) is 0 Å². The van der Waals surface area contributed by atoms with Crippen molar-refractivity contribution in [3.05, 3.63) is 60.8 Å². The average Bonchev–Trinajstić information content (AvgIpc) is 3.30. The number of unbranched alkanes of at least 4 members (excludes halogenated alkanes) is 22. The van der Waals surface area contributed by atoms with Gasteiger partial charge in [0, 0.05) is 12.8 Å². The smallest absolute Gasteiger partial charge is 0.306 e. The number of aliphatic hydroxyl groups is 3. The number of esters is 2. The van der Waals surface area contributed by atoms with Gasteiger partial charge in [-0.3, -0.25) is 14.1 Å². The van der Waals surface area contributed by atoms with Gasteiger partial charge < -0.3 is 34.3 Å². The number of carbonyl (C=O) groups excluding carboxylic acids is 2. The Bertz CT molecular complexity index is 1460. The predicted octanol–water partition coefficient (Wildman–Crippen LogP) is 12.1. The fourth-order valence-electron chi connectivity index (χ4n) is 7.82. The maximum absolute atomic E-state index is 12.9. The first-order valence-electron chi connectivity index (χ1n) is 26.3. The van der Waals surface area contributed by atoms with Gasteiger partial charge in [0.05, 0.1) is 6.61 Å². The van der Waals surface area contributed by atoms with E-state index in [1.165, 1.54) is 103 Å². The van der Waals surface area contributed by atoms with Crippen LogP contribution < -0.4 is 0 Å². The van der Waals surface area contributed by atoms with Crippen LogP contribution in [-0.2, 0) is 38.7 Å². The SMILES string of the molecule is CC/C=C/C/C=C/C/C=C/C/C=C/C/C=C/CCCCCC(=O)OC[C@H](CO[C@H]1O[C@H](CS(=O)(=O)O)[C@@H](O)C(O)C1O)OC(=O)CCCCCCCCCCCCCCCCCCCCCC. The van der Waals surface area contributed by atoms with Gasteiger partial charge in [0.2, 0.25) is 0 Å². The highest BCUT2D eigenvalue weighted by atomic mass is 32.2. The van der Waals surface area contributed by atoms with Gasteiger partial charge in [0.25, 0.3) is 10.1 Å². The first-order chi connectivity index (χ1) is 32.5. The zero-order chi connectivity index (χ0) is 49.1. The van der Waals surface area contributed by atoms with Gasteiger partial charge in [-0.2, -0.15) is 8.42 Å². The topological polar surface area (TPSA) is 186 Å². The molecule has 1 fully saturated rings. The fraction of sp³-hybridized carbons (Fsp3) is 0.778. The minimum atomic E-state index is -4.61. The molecule has 388 valence electrons. The van der Waals surface area contributed by atoms with E-state index in [2.05, 4.69) is 74.6 Å². The Morgan fingerprint density at radius 1 is 0.522 bits per heavy atom. The number of carbonyl (C=O) groups is 2. The van der Waals surface area contributed by atoms with Gasteiger partial charge in [0.1, 0.15) is 36.8 Å². The molecule has 0 aliphatic carbocycles. The highest BCUT2D eigenvalue weighted by Crippen LogP contribution is 2.24. The Kier molecular flexibility index (Phi) is 40.4. The van der Waals surface area contributed by atoms with E-state index >= 15 is 0 Å². The van der Waals surface area contributed by atoms with Crippen molar-refractivity contribution in [1.29, 1.82) is 0 Å². The lowest BCUT2D eigenvalue weighted by Crippen LogP contribution is -2.60. The van der Waals surface area contributed by atoms with Crippen molar-refractivity contribution in [1.82, 2.24) is 0 Å². The Hall–Kier alpha value is -2.65. The van der Waals surface area contributed by atoms with Crippen LogP contribution in [0.2, 0.25) is 0 Å². The van der Waals surface area contributed by atoms with Crippen molar-refractivity contribution in [3.63, 3.8) is 0 Å². The highest BCUT2D eigenvalue weighted by molar-refractivity contribution is 7.85. The van der Waals surface area contributed by atoms with E-state index < -0.39 is 71.2 Å². The summed E-state index contributed by atoms with van der Waals surface area (Å²) < 4.78 is 54.3. The molecule has 0 radical (unpaired) electrons. The van der Waals surface area contributed by atoms with Gasteiger partial charge in [-0.15, -0.1) is 0 Å². The van der Waals surface area contributed by atoms with Crippen molar-refractivity contribution < 1.29 is 56.8 Å². The molecule has 4 N–H and O–H groups in total. The molecule has 67 heavy (non-hydrogen) atoms. The van der Waals surface area contributed by atoms with Crippen LogP contribution in [0.1, 0.15) is 213 Å². The molecule has 0 bridgehead atoms. The third-order valence-electron chi connectivity index (χ3n) is 11.9. The summed E-state index contributed by atoms with van der Waals surface area (Å²) in [4.78, 5) is 25.5. The van der Waals surface area contributed by atoms with Crippen molar-refractivity contribution >= 4 is 22.1 Å². The molecule has 1 aliphatic heterocycles. The molecule has 0 amide bonds. The van der Waals surface area contributed by atoms with Gasteiger partial charge in [0.15, 0.2) is 12.4 Å². The summed E-state index contributed by atoms with van der Waals surface area (Å²) in [5, 5.41) is 31.0.